The predicted molar refractivity (Wildman–Crippen MR) is 105 cm³/mol. The minimum atomic E-state index is -0.300. The van der Waals surface area contributed by atoms with Crippen molar-refractivity contribution in [1.29, 1.82) is 0 Å². The Hall–Kier alpha value is -1.78. The Morgan fingerprint density at radius 3 is 1.96 bits per heavy atom. The normalized spacial score (nSPS) is 18.1. The second-order valence-corrected chi connectivity index (χ2v) is 7.05. The number of rotatable bonds is 4. The number of nitrogens with one attached hydrogen (secondary N) is 1. The number of anilines is 1. The van der Waals surface area contributed by atoms with Gasteiger partial charge in [0.15, 0.2) is 0 Å². The van der Waals surface area contributed by atoms with Crippen LogP contribution in [-0.2, 0) is 15.9 Å². The average Bonchev–Trinajstić information content (AvgIpc) is 2.75. The molecule has 0 saturated carbocycles. The summed E-state index contributed by atoms with van der Waals surface area (Å²) in [5.41, 5.74) is 2.82. The van der Waals surface area contributed by atoms with Crippen LogP contribution >= 0.6 is 0 Å². The maximum atomic E-state index is 6.08. The van der Waals surface area contributed by atoms with E-state index in [1.165, 1.54) is 5.56 Å². The van der Waals surface area contributed by atoms with Gasteiger partial charge in [-0.2, -0.15) is 0 Å². The average molecular weight is 327 g/mol. The highest BCUT2D eigenvalue weighted by Gasteiger charge is 2.51. The molecule has 0 amide bonds. The zero-order valence-corrected chi connectivity index (χ0v) is 14.3. The summed E-state index contributed by atoms with van der Waals surface area (Å²) in [6.45, 7) is 9.10. The van der Waals surface area contributed by atoms with E-state index in [1.807, 2.05) is 18.2 Å². The standard InChI is InChI=1S/C19H24BNO2.CH4.H2/c1-18(2)19(3,4)23-20(22-18)16-12-10-15(11-13-16)14-21-17-8-6-5-7-9-17;;/h5-13,21H,14H2,1-4H3;1H4;1H. The Labute approximate surface area is 148 Å². The van der Waals surface area contributed by atoms with Gasteiger partial charge in [0.25, 0.3) is 0 Å². The topological polar surface area (TPSA) is 30.5 Å². The number of hydrogen-bond donors (Lipinski definition) is 1. The van der Waals surface area contributed by atoms with E-state index in [2.05, 4.69) is 69.4 Å². The van der Waals surface area contributed by atoms with Gasteiger partial charge < -0.3 is 14.6 Å². The van der Waals surface area contributed by atoms with E-state index < -0.39 is 0 Å². The van der Waals surface area contributed by atoms with Crippen molar-refractivity contribution in [3.8, 4) is 0 Å². The maximum Gasteiger partial charge on any atom is 0.494 e. The Morgan fingerprint density at radius 2 is 1.42 bits per heavy atom. The second kappa shape index (κ2) is 7.00. The summed E-state index contributed by atoms with van der Waals surface area (Å²) in [6, 6.07) is 18.6. The van der Waals surface area contributed by atoms with Crippen LogP contribution in [0.1, 0.15) is 42.1 Å². The van der Waals surface area contributed by atoms with Crippen molar-refractivity contribution in [2.24, 2.45) is 0 Å². The molecule has 0 atom stereocenters. The molecule has 1 saturated heterocycles. The molecule has 1 heterocycles. The molecule has 0 aliphatic carbocycles. The Kier molecular flexibility index (Phi) is 5.41. The first kappa shape index (κ1) is 18.6. The van der Waals surface area contributed by atoms with E-state index >= 15 is 0 Å². The molecule has 0 aromatic heterocycles. The highest BCUT2D eigenvalue weighted by atomic mass is 16.7. The lowest BCUT2D eigenvalue weighted by atomic mass is 9.79. The van der Waals surface area contributed by atoms with Crippen LogP contribution in [0, 0.1) is 0 Å². The number of hydrogen-bond acceptors (Lipinski definition) is 3. The molecular weight excluding hydrogens is 297 g/mol. The second-order valence-electron chi connectivity index (χ2n) is 7.05. The summed E-state index contributed by atoms with van der Waals surface area (Å²) in [5.74, 6) is 0. The molecule has 4 heteroatoms. The molecule has 3 nitrogen and oxygen atoms in total. The van der Waals surface area contributed by atoms with E-state index in [0.717, 1.165) is 17.7 Å². The van der Waals surface area contributed by atoms with Crippen molar-refractivity contribution >= 4 is 18.3 Å². The van der Waals surface area contributed by atoms with Crippen LogP contribution in [-0.4, -0.2) is 18.3 Å². The van der Waals surface area contributed by atoms with Gasteiger partial charge >= 0.3 is 7.12 Å². The molecule has 1 aliphatic heterocycles. The van der Waals surface area contributed by atoms with Crippen LogP contribution < -0.4 is 10.8 Å². The van der Waals surface area contributed by atoms with Crippen molar-refractivity contribution in [1.82, 2.24) is 0 Å². The molecule has 0 radical (unpaired) electrons. The van der Waals surface area contributed by atoms with Gasteiger partial charge in [0, 0.05) is 13.7 Å². The third kappa shape index (κ3) is 3.82. The van der Waals surface area contributed by atoms with Crippen molar-refractivity contribution in [3.63, 3.8) is 0 Å². The summed E-state index contributed by atoms with van der Waals surface area (Å²) >= 11 is 0. The molecule has 130 valence electrons. The van der Waals surface area contributed by atoms with E-state index in [9.17, 15) is 0 Å². The lowest BCUT2D eigenvalue weighted by Gasteiger charge is -2.32. The molecule has 2 aromatic carbocycles. The smallest absolute Gasteiger partial charge is 0.399 e. The zero-order valence-electron chi connectivity index (χ0n) is 14.3. The van der Waals surface area contributed by atoms with Crippen molar-refractivity contribution < 1.29 is 10.7 Å². The van der Waals surface area contributed by atoms with E-state index in [1.54, 1.807) is 0 Å². The van der Waals surface area contributed by atoms with Gasteiger partial charge in [-0.1, -0.05) is 49.9 Å². The van der Waals surface area contributed by atoms with Crippen molar-refractivity contribution in [2.75, 3.05) is 5.32 Å². The van der Waals surface area contributed by atoms with Crippen LogP contribution in [0.5, 0.6) is 0 Å². The molecular formula is C20H30BNO2. The molecule has 1 fully saturated rings. The van der Waals surface area contributed by atoms with E-state index in [-0.39, 0.29) is 27.2 Å². The maximum absolute atomic E-state index is 6.08. The summed E-state index contributed by atoms with van der Waals surface area (Å²) in [5, 5.41) is 3.41. The molecule has 24 heavy (non-hydrogen) atoms. The van der Waals surface area contributed by atoms with Crippen molar-refractivity contribution in [3.05, 3.63) is 60.2 Å². The van der Waals surface area contributed by atoms with E-state index in [4.69, 9.17) is 9.31 Å². The molecule has 1 aliphatic rings. The van der Waals surface area contributed by atoms with E-state index in [0.29, 0.717) is 0 Å². The largest absolute Gasteiger partial charge is 0.494 e. The molecule has 0 spiro atoms. The van der Waals surface area contributed by atoms with Gasteiger partial charge in [-0.3, -0.25) is 0 Å². The Balaban J connectivity index is 0.00000156. The molecule has 0 unspecified atom stereocenters. The van der Waals surface area contributed by atoms with Crippen LogP contribution in [0.4, 0.5) is 5.69 Å². The monoisotopic (exact) mass is 327 g/mol. The molecule has 1 N–H and O–H groups in total. The summed E-state index contributed by atoms with van der Waals surface area (Å²) in [7, 11) is -0.295. The summed E-state index contributed by atoms with van der Waals surface area (Å²) < 4.78 is 12.2. The molecule has 2 aromatic rings. The van der Waals surface area contributed by atoms with Gasteiger partial charge in [0.1, 0.15) is 0 Å². The van der Waals surface area contributed by atoms with Gasteiger partial charge in [0.2, 0.25) is 0 Å². The third-order valence-electron chi connectivity index (χ3n) is 4.78. The van der Waals surface area contributed by atoms with Crippen molar-refractivity contribution in [2.45, 2.75) is 52.9 Å². The highest BCUT2D eigenvalue weighted by Crippen LogP contribution is 2.36. The predicted octanol–water partition coefficient (Wildman–Crippen LogP) is 4.48. The van der Waals surface area contributed by atoms with Gasteiger partial charge in [-0.15, -0.1) is 0 Å². The summed E-state index contributed by atoms with van der Waals surface area (Å²) in [6.07, 6.45) is 0. The zero-order chi connectivity index (χ0) is 16.5. The van der Waals surface area contributed by atoms with Crippen LogP contribution in [0.3, 0.4) is 0 Å². The van der Waals surface area contributed by atoms with Gasteiger partial charge in [-0.05, 0) is 50.9 Å². The van der Waals surface area contributed by atoms with Crippen LogP contribution in [0.2, 0.25) is 0 Å². The quantitative estimate of drug-likeness (QED) is 0.840. The highest BCUT2D eigenvalue weighted by molar-refractivity contribution is 6.62. The Bertz CT molecular complexity index is 643. The summed E-state index contributed by atoms with van der Waals surface area (Å²) in [4.78, 5) is 0. The SMILES string of the molecule is C.CC1(C)OB(c2ccc(CNc3ccccc3)cc2)OC1(C)C.[HH]. The minimum Gasteiger partial charge on any atom is -0.399 e. The molecule has 3 rings (SSSR count). The van der Waals surface area contributed by atoms with Gasteiger partial charge in [-0.25, -0.2) is 0 Å². The lowest BCUT2D eigenvalue weighted by molar-refractivity contribution is 0.00578. The molecule has 0 bridgehead atoms. The first-order chi connectivity index (χ1) is 10.9. The minimum absolute atomic E-state index is 0. The first-order valence-corrected chi connectivity index (χ1v) is 8.11. The number of benzene rings is 2. The lowest BCUT2D eigenvalue weighted by Crippen LogP contribution is -2.41. The van der Waals surface area contributed by atoms with Crippen LogP contribution in [0.15, 0.2) is 54.6 Å². The fraction of sp³-hybridized carbons (Fsp3) is 0.400. The van der Waals surface area contributed by atoms with Gasteiger partial charge in [0.05, 0.1) is 11.2 Å². The fourth-order valence-corrected chi connectivity index (χ4v) is 2.53. The fourth-order valence-electron chi connectivity index (χ4n) is 2.53. The van der Waals surface area contributed by atoms with Crippen LogP contribution in [0.25, 0.3) is 0 Å². The number of para-hydroxylation sites is 1. The first-order valence-electron chi connectivity index (χ1n) is 8.11. The Morgan fingerprint density at radius 1 is 0.875 bits per heavy atom. The third-order valence-corrected chi connectivity index (χ3v) is 4.78.